The number of alkyl halides is 2. The molecule has 0 unspecified atom stereocenters. The number of thiocarbonyl (C=S) groups is 1. The summed E-state index contributed by atoms with van der Waals surface area (Å²) in [5, 5.41) is 2.78. The van der Waals surface area contributed by atoms with Crippen molar-refractivity contribution in [3.8, 4) is 0 Å². The van der Waals surface area contributed by atoms with Gasteiger partial charge in [0.15, 0.2) is 9.84 Å². The zero-order valence-electron chi connectivity index (χ0n) is 9.41. The second-order valence-corrected chi connectivity index (χ2v) is 7.86. The number of ether oxygens (including phenoxy) is 1. The molecule has 0 aromatic heterocycles. The number of nitrogens with one attached hydrogen (secondary N) is 1. The first-order chi connectivity index (χ1) is 7.76. The van der Waals surface area contributed by atoms with E-state index >= 15 is 0 Å². The third kappa shape index (κ3) is 5.16. The van der Waals surface area contributed by atoms with Gasteiger partial charge >= 0.3 is 0 Å². The molecule has 4 nitrogen and oxygen atoms in total. The van der Waals surface area contributed by atoms with E-state index in [1.54, 1.807) is 0 Å². The highest BCUT2D eigenvalue weighted by Gasteiger charge is 2.39. The van der Waals surface area contributed by atoms with Gasteiger partial charge < -0.3 is 10.1 Å². The van der Waals surface area contributed by atoms with Crippen molar-refractivity contribution in [1.82, 2.24) is 5.32 Å². The van der Waals surface area contributed by atoms with E-state index in [1.165, 1.54) is 0 Å². The van der Waals surface area contributed by atoms with Gasteiger partial charge in [0.05, 0.1) is 22.4 Å². The first kappa shape index (κ1) is 15.3. The molecule has 0 radical (unpaired) electrons. The zero-order chi connectivity index (χ0) is 13.1. The predicted octanol–water partition coefficient (Wildman–Crippen LogP) is 1.30. The average Bonchev–Trinajstić information content (AvgIpc) is 2.49. The summed E-state index contributed by atoms with van der Waals surface area (Å²) in [6.07, 6.45) is 0.526. The first-order valence-corrected chi connectivity index (χ1v) is 8.32. The molecule has 0 amide bonds. The van der Waals surface area contributed by atoms with E-state index in [4.69, 9.17) is 40.2 Å². The van der Waals surface area contributed by atoms with Gasteiger partial charge in [-0.25, -0.2) is 8.42 Å². The predicted molar refractivity (Wildman–Crippen MR) is 73.7 cm³/mol. The Kier molecular flexibility index (Phi) is 5.31. The molecule has 0 aromatic rings. The lowest BCUT2D eigenvalue weighted by atomic mass is 10.0. The van der Waals surface area contributed by atoms with Crippen molar-refractivity contribution >= 4 is 50.4 Å². The van der Waals surface area contributed by atoms with Gasteiger partial charge in [-0.2, -0.15) is 0 Å². The second kappa shape index (κ2) is 5.91. The van der Waals surface area contributed by atoms with Crippen molar-refractivity contribution in [1.29, 1.82) is 0 Å². The fourth-order valence-corrected chi connectivity index (χ4v) is 4.16. The molecule has 1 rings (SSSR count). The summed E-state index contributed by atoms with van der Waals surface area (Å²) in [5.74, 6) is 0.526. The Morgan fingerprint density at radius 1 is 1.65 bits per heavy atom. The van der Waals surface area contributed by atoms with Crippen molar-refractivity contribution in [3.63, 3.8) is 0 Å². The molecule has 1 heterocycles. The van der Waals surface area contributed by atoms with Gasteiger partial charge in [-0.05, 0) is 25.6 Å². The highest BCUT2D eigenvalue weighted by Crippen LogP contribution is 2.22. The van der Waals surface area contributed by atoms with Crippen LogP contribution in [0.3, 0.4) is 0 Å². The van der Waals surface area contributed by atoms with E-state index in [9.17, 15) is 8.42 Å². The monoisotopic (exact) mass is 319 g/mol. The van der Waals surface area contributed by atoms with Crippen LogP contribution >= 0.6 is 35.4 Å². The normalized spacial score (nSPS) is 28.6. The van der Waals surface area contributed by atoms with Crippen LogP contribution in [-0.2, 0) is 14.6 Å². The molecule has 0 saturated carbocycles. The van der Waals surface area contributed by atoms with Crippen LogP contribution < -0.4 is 5.32 Å². The topological polar surface area (TPSA) is 55.4 Å². The summed E-state index contributed by atoms with van der Waals surface area (Å²) >= 11 is 16.3. The molecular weight excluding hydrogens is 305 g/mol. The highest BCUT2D eigenvalue weighted by atomic mass is 35.5. The van der Waals surface area contributed by atoms with Crippen LogP contribution in [0.25, 0.3) is 0 Å². The van der Waals surface area contributed by atoms with Crippen molar-refractivity contribution in [3.05, 3.63) is 0 Å². The maximum atomic E-state index is 11.4. The van der Waals surface area contributed by atoms with Crippen LogP contribution in [0.15, 0.2) is 0 Å². The van der Waals surface area contributed by atoms with Crippen LogP contribution in [0.4, 0.5) is 0 Å². The maximum absolute atomic E-state index is 11.4. The number of sulfone groups is 1. The SMILES string of the molecule is C[C@@]1(NC(=S)OC[C@H](Cl)CCl)CCS(=O)(=O)C1. The number of hydrogen-bond donors (Lipinski definition) is 1. The minimum Gasteiger partial charge on any atom is -0.469 e. The summed E-state index contributed by atoms with van der Waals surface area (Å²) in [4.78, 5) is 0. The molecule has 1 fully saturated rings. The first-order valence-electron chi connectivity index (χ1n) is 5.12. The van der Waals surface area contributed by atoms with Crippen LogP contribution in [0.2, 0.25) is 0 Å². The van der Waals surface area contributed by atoms with Gasteiger partial charge in [-0.1, -0.05) is 0 Å². The van der Waals surface area contributed by atoms with Gasteiger partial charge in [0.1, 0.15) is 6.61 Å². The smallest absolute Gasteiger partial charge is 0.257 e. The van der Waals surface area contributed by atoms with E-state index in [0.717, 1.165) is 0 Å². The van der Waals surface area contributed by atoms with Gasteiger partial charge in [0.2, 0.25) is 0 Å². The lowest BCUT2D eigenvalue weighted by molar-refractivity contribution is 0.285. The Balaban J connectivity index is 2.41. The Morgan fingerprint density at radius 3 is 2.76 bits per heavy atom. The highest BCUT2D eigenvalue weighted by molar-refractivity contribution is 7.91. The lowest BCUT2D eigenvalue weighted by Crippen LogP contribution is -2.47. The molecule has 0 aromatic carbocycles. The van der Waals surface area contributed by atoms with E-state index in [-0.39, 0.29) is 34.5 Å². The molecule has 8 heteroatoms. The second-order valence-electron chi connectivity index (χ2n) is 4.38. The molecule has 2 atom stereocenters. The van der Waals surface area contributed by atoms with Crippen molar-refractivity contribution in [2.24, 2.45) is 0 Å². The van der Waals surface area contributed by atoms with Crippen LogP contribution in [-0.4, -0.2) is 48.5 Å². The average molecular weight is 320 g/mol. The molecule has 1 aliphatic rings. The van der Waals surface area contributed by atoms with Crippen LogP contribution in [0.5, 0.6) is 0 Å². The summed E-state index contributed by atoms with van der Waals surface area (Å²) in [6, 6.07) is 0. The summed E-state index contributed by atoms with van der Waals surface area (Å²) in [6.45, 7) is 2.02. The number of halogens is 2. The van der Waals surface area contributed by atoms with E-state index in [0.29, 0.717) is 6.42 Å². The molecule has 1 N–H and O–H groups in total. The van der Waals surface area contributed by atoms with Gasteiger partial charge in [-0.3, -0.25) is 0 Å². The Morgan fingerprint density at radius 2 is 2.29 bits per heavy atom. The lowest BCUT2D eigenvalue weighted by Gasteiger charge is -2.25. The number of hydrogen-bond acceptors (Lipinski definition) is 4. The molecule has 0 aliphatic carbocycles. The maximum Gasteiger partial charge on any atom is 0.257 e. The van der Waals surface area contributed by atoms with Gasteiger partial charge in [-0.15, -0.1) is 23.2 Å². The Bertz CT molecular complexity index is 388. The molecular formula is C9H15Cl2NO3S2. The van der Waals surface area contributed by atoms with E-state index in [1.807, 2.05) is 6.92 Å². The Labute approximate surface area is 117 Å². The largest absolute Gasteiger partial charge is 0.469 e. The zero-order valence-corrected chi connectivity index (χ0v) is 12.6. The van der Waals surface area contributed by atoms with Crippen LogP contribution in [0.1, 0.15) is 13.3 Å². The van der Waals surface area contributed by atoms with Crippen molar-refractivity contribution in [2.75, 3.05) is 24.0 Å². The summed E-state index contributed by atoms with van der Waals surface area (Å²) in [5.41, 5.74) is -0.543. The summed E-state index contributed by atoms with van der Waals surface area (Å²) < 4.78 is 28.0. The van der Waals surface area contributed by atoms with E-state index in [2.05, 4.69) is 5.32 Å². The standard InChI is InChI=1S/C9H15Cl2NO3S2/c1-9(2-3-17(13,14)6-9)12-8(16)15-5-7(11)4-10/h7H,2-6H2,1H3,(H,12,16)/t7-,9-/m1/s1. The molecule has 17 heavy (non-hydrogen) atoms. The fraction of sp³-hybridized carbons (Fsp3) is 0.889. The third-order valence-corrected chi connectivity index (χ3v) is 5.40. The van der Waals surface area contributed by atoms with Crippen molar-refractivity contribution in [2.45, 2.75) is 24.3 Å². The van der Waals surface area contributed by atoms with E-state index < -0.39 is 15.4 Å². The van der Waals surface area contributed by atoms with Crippen LogP contribution in [0, 0.1) is 0 Å². The molecule has 0 spiro atoms. The van der Waals surface area contributed by atoms with Gasteiger partial charge in [0.25, 0.3) is 5.17 Å². The minimum atomic E-state index is -2.96. The number of rotatable bonds is 4. The van der Waals surface area contributed by atoms with Gasteiger partial charge in [0, 0.05) is 5.88 Å². The fourth-order valence-electron chi connectivity index (χ4n) is 1.60. The minimum absolute atomic E-state index is 0.0727. The molecule has 0 bridgehead atoms. The molecule has 100 valence electrons. The third-order valence-electron chi connectivity index (χ3n) is 2.47. The van der Waals surface area contributed by atoms with Crippen molar-refractivity contribution < 1.29 is 13.2 Å². The molecule has 1 aliphatic heterocycles. The summed E-state index contributed by atoms with van der Waals surface area (Å²) in [7, 11) is -2.96. The quantitative estimate of drug-likeness (QED) is 0.625. The molecule has 1 saturated heterocycles. The Hall–Kier alpha value is 0.220.